The van der Waals surface area contributed by atoms with Crippen LogP contribution in [-0.2, 0) is 0 Å². The van der Waals surface area contributed by atoms with E-state index < -0.39 is 0 Å². The molecule has 0 heterocycles. The second-order valence-corrected chi connectivity index (χ2v) is 3.03. The van der Waals surface area contributed by atoms with Crippen LogP contribution in [0.25, 0.3) is 0 Å². The molecular weight excluding hydrogens is 243 g/mol. The van der Waals surface area contributed by atoms with Gasteiger partial charge < -0.3 is 0 Å². The normalized spacial score (nSPS) is 7.50. The molecule has 0 N–H and O–H groups in total. The van der Waals surface area contributed by atoms with Gasteiger partial charge in [-0.3, -0.25) is 0 Å². The van der Waals surface area contributed by atoms with E-state index in [1.165, 1.54) is 36.2 Å². The zero-order chi connectivity index (χ0) is 3.41. The molecule has 2 radical (unpaired) electrons. The molecule has 1 heteroatoms. The summed E-state index contributed by atoms with van der Waals surface area (Å²) in [7, 11) is 0. The molecule has 0 unspecified atom stereocenters. The zero-order valence-electron chi connectivity index (χ0n) is 2.99. The fourth-order valence-corrected chi connectivity index (χ4v) is 0. The van der Waals surface area contributed by atoms with E-state index in [4.69, 9.17) is 0 Å². The summed E-state index contributed by atoms with van der Waals surface area (Å²) in [5.41, 5.74) is 0. The average molecular weight is 251 g/mol. The second kappa shape index (κ2) is 3.92. The van der Waals surface area contributed by atoms with E-state index in [-0.39, 0.29) is 0 Å². The molecule has 0 aromatic rings. The second-order valence-electron chi connectivity index (χ2n) is 0.789. The maximum absolute atomic E-state index is 2.22. The number of rotatable bonds is 1. The van der Waals surface area contributed by atoms with Crippen LogP contribution in [0, 0.1) is 0 Å². The Hall–Kier alpha value is 0.922. The van der Waals surface area contributed by atoms with E-state index in [2.05, 4.69) is 6.92 Å². The summed E-state index contributed by atoms with van der Waals surface area (Å²) in [6.45, 7) is 2.22. The van der Waals surface area contributed by atoms with Crippen molar-refractivity contribution in [2.45, 2.75) is 17.3 Å². The van der Waals surface area contributed by atoms with Crippen molar-refractivity contribution in [1.82, 2.24) is 0 Å². The fourth-order valence-electron chi connectivity index (χ4n) is 0. The Labute approximate surface area is 43.3 Å². The topological polar surface area (TPSA) is 0 Å². The summed E-state index contributed by atoms with van der Waals surface area (Å²) in [4.78, 5) is 0. The summed E-state index contributed by atoms with van der Waals surface area (Å²) in [6.07, 6.45) is 1.39. The van der Waals surface area contributed by atoms with Crippen molar-refractivity contribution in [3.05, 3.63) is 0 Å². The van der Waals surface area contributed by atoms with Crippen LogP contribution in [0.5, 0.6) is 0 Å². The van der Waals surface area contributed by atoms with Crippen LogP contribution >= 0.6 is 0 Å². The van der Waals surface area contributed by atoms with Gasteiger partial charge >= 0.3 is 43.1 Å². The van der Waals surface area contributed by atoms with Gasteiger partial charge in [-0.1, -0.05) is 0 Å². The van der Waals surface area contributed by atoms with Crippen LogP contribution in [0.3, 0.4) is 0 Å². The van der Waals surface area contributed by atoms with Crippen LogP contribution in [0.1, 0.15) is 13.3 Å². The van der Waals surface area contributed by atoms with E-state index in [0.29, 0.717) is 0 Å². The van der Waals surface area contributed by atoms with Gasteiger partial charge in [-0.2, -0.15) is 0 Å². The van der Waals surface area contributed by atoms with Crippen molar-refractivity contribution in [2.24, 2.45) is 0 Å². The molecule has 0 fully saturated rings. The fraction of sp³-hybridized carbons (Fsp3) is 1.00. The average Bonchev–Trinajstić information content (AvgIpc) is 1.37. The molecule has 0 aromatic carbocycles. The maximum atomic E-state index is 2.22. The first-order valence-electron chi connectivity index (χ1n) is 1.62. The molecule has 0 aliphatic heterocycles. The summed E-state index contributed by atoms with van der Waals surface area (Å²) >= 11 is 1.23. The van der Waals surface area contributed by atoms with E-state index in [1.807, 2.05) is 0 Å². The molecule has 0 aliphatic carbocycles. The molecule has 0 saturated heterocycles. The molecule has 0 aliphatic rings. The van der Waals surface area contributed by atoms with Gasteiger partial charge in [-0.25, -0.2) is 0 Å². The van der Waals surface area contributed by atoms with Gasteiger partial charge in [0, 0.05) is 0 Å². The molecule has 0 spiro atoms. The van der Waals surface area contributed by atoms with E-state index in [1.54, 1.807) is 0 Å². The number of hydrogen-bond donors (Lipinski definition) is 0. The third-order valence-electron chi connectivity index (χ3n) is 0.289. The molecule has 4 heavy (non-hydrogen) atoms. The van der Waals surface area contributed by atoms with Crippen LogP contribution < -0.4 is 0 Å². The van der Waals surface area contributed by atoms with Crippen molar-refractivity contribution in [1.29, 1.82) is 0 Å². The summed E-state index contributed by atoms with van der Waals surface area (Å²) in [5, 5.41) is 0. The van der Waals surface area contributed by atoms with Crippen molar-refractivity contribution in [3.63, 3.8) is 0 Å². The Kier molecular flexibility index (Phi) is 4.83. The zero-order valence-corrected chi connectivity index (χ0v) is 7.48. The van der Waals surface area contributed by atoms with Crippen LogP contribution in [-0.4, -0.2) is 25.8 Å². The van der Waals surface area contributed by atoms with Gasteiger partial charge in [0.05, 0.1) is 0 Å². The minimum absolute atomic E-state index is 1.23. The molecule has 24 valence electrons. The standard InChI is InChI=1S/C3H7.Pb.H/c1-3-2;;/h1,3H2,2H3;;. The Morgan fingerprint density at radius 2 is 2.00 bits per heavy atom. The molecule has 0 aromatic heterocycles. The minimum atomic E-state index is 1.23. The molecule has 0 nitrogen and oxygen atoms in total. The third-order valence-corrected chi connectivity index (χ3v) is 2.53. The first-order chi connectivity index (χ1) is 1.91. The van der Waals surface area contributed by atoms with Crippen molar-refractivity contribution >= 4 is 25.8 Å². The quantitative estimate of drug-likeness (QED) is 0.602. The molecule has 0 bridgehead atoms. The van der Waals surface area contributed by atoms with Crippen LogP contribution in [0.4, 0.5) is 0 Å². The van der Waals surface area contributed by atoms with E-state index >= 15 is 0 Å². The Bertz CT molecular complexity index is 5.25. The first kappa shape index (κ1) is 4.92. The summed E-state index contributed by atoms with van der Waals surface area (Å²) in [5.74, 6) is 0. The van der Waals surface area contributed by atoms with E-state index in [0.717, 1.165) is 0 Å². The van der Waals surface area contributed by atoms with Crippen molar-refractivity contribution in [3.8, 4) is 0 Å². The third kappa shape index (κ3) is 2.92. The Morgan fingerprint density at radius 3 is 2.00 bits per heavy atom. The molecule has 0 atom stereocenters. The van der Waals surface area contributed by atoms with Crippen LogP contribution in [0.15, 0.2) is 0 Å². The monoisotopic (exact) mass is 252 g/mol. The van der Waals surface area contributed by atoms with Gasteiger partial charge in [0.2, 0.25) is 0 Å². The van der Waals surface area contributed by atoms with Gasteiger partial charge in [-0.05, 0) is 0 Å². The predicted molar refractivity (Wildman–Crippen MR) is 22.2 cm³/mol. The van der Waals surface area contributed by atoms with Gasteiger partial charge in [-0.15, -0.1) is 0 Å². The molecule has 0 saturated carbocycles. The molecular formula is C3H8Pb. The van der Waals surface area contributed by atoms with Gasteiger partial charge in [0.25, 0.3) is 0 Å². The predicted octanol–water partition coefficient (Wildman–Crippen LogP) is 0.716. The molecule has 0 amide bonds. The van der Waals surface area contributed by atoms with Crippen molar-refractivity contribution < 1.29 is 0 Å². The van der Waals surface area contributed by atoms with Gasteiger partial charge in [0.15, 0.2) is 0 Å². The first-order valence-corrected chi connectivity index (χ1v) is 4.79. The number of hydrogen-bond acceptors (Lipinski definition) is 0. The Balaban J connectivity index is 1.97. The summed E-state index contributed by atoms with van der Waals surface area (Å²) in [6, 6.07) is 0. The summed E-state index contributed by atoms with van der Waals surface area (Å²) < 4.78 is 1.49. The van der Waals surface area contributed by atoms with E-state index in [9.17, 15) is 0 Å². The Morgan fingerprint density at radius 1 is 1.75 bits per heavy atom. The van der Waals surface area contributed by atoms with Crippen LogP contribution in [0.2, 0.25) is 3.98 Å². The SMILES string of the molecule is CC[CH2][PbH]. The van der Waals surface area contributed by atoms with Gasteiger partial charge in [0.1, 0.15) is 0 Å². The van der Waals surface area contributed by atoms with Crippen molar-refractivity contribution in [2.75, 3.05) is 0 Å². The molecule has 0 rings (SSSR count).